The van der Waals surface area contributed by atoms with Gasteiger partial charge < -0.3 is 10.1 Å². The number of hydrogen-bond donors (Lipinski definition) is 1. The fraction of sp³-hybridized carbons (Fsp3) is 0.550. The Hall–Kier alpha value is -1.86. The van der Waals surface area contributed by atoms with Crippen LogP contribution >= 0.6 is 0 Å². The Morgan fingerprint density at radius 3 is 2.81 bits per heavy atom. The molecular formula is C20H28N2O4S. The van der Waals surface area contributed by atoms with E-state index in [1.165, 1.54) is 10.4 Å². The molecule has 2 aliphatic heterocycles. The summed E-state index contributed by atoms with van der Waals surface area (Å²) in [5.74, 6) is 0.573. The molecule has 1 amide bonds. The highest BCUT2D eigenvalue weighted by atomic mass is 32.2. The van der Waals surface area contributed by atoms with Gasteiger partial charge in [-0.3, -0.25) is 4.79 Å². The first-order chi connectivity index (χ1) is 12.6. The molecule has 0 saturated carbocycles. The number of hydrogen-bond acceptors (Lipinski definition) is 4. The van der Waals surface area contributed by atoms with Gasteiger partial charge in [0.15, 0.2) is 0 Å². The third kappa shape index (κ3) is 4.19. The third-order valence-corrected chi connectivity index (χ3v) is 7.29. The molecule has 1 aromatic carbocycles. The van der Waals surface area contributed by atoms with Gasteiger partial charge >= 0.3 is 0 Å². The lowest BCUT2D eigenvalue weighted by Crippen LogP contribution is -2.51. The van der Waals surface area contributed by atoms with Crippen molar-refractivity contribution in [2.75, 3.05) is 13.1 Å². The Morgan fingerprint density at radius 2 is 2.15 bits per heavy atom. The molecule has 3 rings (SSSR count). The minimum atomic E-state index is -3.57. The van der Waals surface area contributed by atoms with Gasteiger partial charge in [-0.15, -0.1) is 0 Å². The van der Waals surface area contributed by atoms with Crippen LogP contribution in [0.1, 0.15) is 39.2 Å². The molecule has 2 unspecified atom stereocenters. The lowest BCUT2D eigenvalue weighted by molar-refractivity contribution is -0.117. The number of nitrogens with zero attached hydrogens (tertiary/aromatic N) is 1. The highest BCUT2D eigenvalue weighted by Gasteiger charge is 2.35. The first-order valence-electron chi connectivity index (χ1n) is 9.37. The lowest BCUT2D eigenvalue weighted by Gasteiger charge is -2.36. The summed E-state index contributed by atoms with van der Waals surface area (Å²) in [6, 6.07) is 5.10. The van der Waals surface area contributed by atoms with E-state index >= 15 is 0 Å². The number of piperidine rings is 1. The van der Waals surface area contributed by atoms with E-state index in [-0.39, 0.29) is 23.5 Å². The Bertz CT molecular complexity index is 848. The van der Waals surface area contributed by atoms with Crippen LogP contribution in [0.15, 0.2) is 35.7 Å². The van der Waals surface area contributed by atoms with Gasteiger partial charge in [0, 0.05) is 19.1 Å². The number of carbonyl (C=O) groups excluding carboxylic acids is 1. The van der Waals surface area contributed by atoms with Crippen LogP contribution in [0.3, 0.4) is 0 Å². The van der Waals surface area contributed by atoms with Gasteiger partial charge in [0.2, 0.25) is 15.9 Å². The second-order valence-corrected chi connectivity index (χ2v) is 10.0. The predicted molar refractivity (Wildman–Crippen MR) is 104 cm³/mol. The Labute approximate surface area is 161 Å². The summed E-state index contributed by atoms with van der Waals surface area (Å²) >= 11 is 0. The largest absolute Gasteiger partial charge is 0.488 e. The number of carbonyl (C=O) groups is 1. The van der Waals surface area contributed by atoms with Crippen molar-refractivity contribution in [3.05, 3.63) is 36.4 Å². The molecule has 2 atom stereocenters. The zero-order valence-electron chi connectivity index (χ0n) is 16.2. The minimum Gasteiger partial charge on any atom is -0.488 e. The van der Waals surface area contributed by atoms with Crippen LogP contribution in [0, 0.1) is 5.92 Å². The number of fused-ring (bicyclic) bond motifs is 1. The topological polar surface area (TPSA) is 75.7 Å². The van der Waals surface area contributed by atoms with Crippen LogP contribution in [0.2, 0.25) is 0 Å². The SMILES string of the molecule is C=CC(=O)NC1CCN(S(=O)(=O)c2ccc3c(c2)CCC(C)(C)O3)CC1C. The van der Waals surface area contributed by atoms with Crippen molar-refractivity contribution in [1.82, 2.24) is 9.62 Å². The van der Waals surface area contributed by atoms with Crippen molar-refractivity contribution in [3.8, 4) is 5.75 Å². The van der Waals surface area contributed by atoms with Crippen LogP contribution in [0.5, 0.6) is 5.75 Å². The summed E-state index contributed by atoms with van der Waals surface area (Å²) in [6.07, 6.45) is 3.49. The summed E-state index contributed by atoms with van der Waals surface area (Å²) < 4.78 is 33.7. The monoisotopic (exact) mass is 392 g/mol. The summed E-state index contributed by atoms with van der Waals surface area (Å²) in [5.41, 5.74) is 0.720. The maximum Gasteiger partial charge on any atom is 0.243 e. The quantitative estimate of drug-likeness (QED) is 0.799. The highest BCUT2D eigenvalue weighted by Crippen LogP contribution is 2.35. The maximum atomic E-state index is 13.1. The number of benzene rings is 1. The van der Waals surface area contributed by atoms with Crippen LogP contribution < -0.4 is 10.1 Å². The first-order valence-corrected chi connectivity index (χ1v) is 10.8. The molecule has 1 fully saturated rings. The van der Waals surface area contributed by atoms with E-state index in [1.54, 1.807) is 18.2 Å². The van der Waals surface area contributed by atoms with Gasteiger partial charge in [0.25, 0.3) is 0 Å². The van der Waals surface area contributed by atoms with Crippen LogP contribution in [-0.4, -0.2) is 43.4 Å². The van der Waals surface area contributed by atoms with Crippen LogP contribution in [0.25, 0.3) is 0 Å². The molecule has 7 heteroatoms. The zero-order valence-corrected chi connectivity index (χ0v) is 17.0. The molecule has 0 radical (unpaired) electrons. The molecule has 27 heavy (non-hydrogen) atoms. The number of nitrogens with one attached hydrogen (secondary N) is 1. The molecule has 0 aliphatic carbocycles. The molecule has 1 N–H and O–H groups in total. The van der Waals surface area contributed by atoms with E-state index in [0.29, 0.717) is 24.4 Å². The normalized spacial score (nSPS) is 25.1. The Morgan fingerprint density at radius 1 is 1.41 bits per heavy atom. The number of sulfonamides is 1. The molecular weight excluding hydrogens is 364 g/mol. The zero-order chi connectivity index (χ0) is 19.8. The van der Waals surface area contributed by atoms with E-state index in [1.807, 2.05) is 20.8 Å². The second kappa shape index (κ2) is 7.28. The minimum absolute atomic E-state index is 0.0270. The molecule has 1 aromatic rings. The predicted octanol–water partition coefficient (Wildman–Crippen LogP) is 2.49. The molecule has 0 aromatic heterocycles. The van der Waals surface area contributed by atoms with Gasteiger partial charge in [-0.1, -0.05) is 13.5 Å². The molecule has 6 nitrogen and oxygen atoms in total. The molecule has 0 bridgehead atoms. The lowest BCUT2D eigenvalue weighted by atomic mass is 9.94. The summed E-state index contributed by atoms with van der Waals surface area (Å²) in [5, 5.41) is 2.88. The van der Waals surface area contributed by atoms with Crippen LogP contribution in [0.4, 0.5) is 0 Å². The maximum absolute atomic E-state index is 13.1. The Balaban J connectivity index is 1.76. The van der Waals surface area contributed by atoms with Gasteiger partial charge in [-0.25, -0.2) is 8.42 Å². The first kappa shape index (κ1) is 19.9. The highest BCUT2D eigenvalue weighted by molar-refractivity contribution is 7.89. The van der Waals surface area contributed by atoms with E-state index in [0.717, 1.165) is 24.2 Å². The number of ether oxygens (including phenoxy) is 1. The Kier molecular flexibility index (Phi) is 5.36. The number of rotatable bonds is 4. The summed E-state index contributed by atoms with van der Waals surface area (Å²) in [4.78, 5) is 11.8. The average molecular weight is 393 g/mol. The van der Waals surface area contributed by atoms with Crippen molar-refractivity contribution in [2.45, 2.75) is 56.6 Å². The second-order valence-electron chi connectivity index (χ2n) is 8.08. The summed E-state index contributed by atoms with van der Waals surface area (Å²) in [6.45, 7) is 10.3. The van der Waals surface area contributed by atoms with Crippen molar-refractivity contribution in [2.24, 2.45) is 5.92 Å². The molecule has 0 spiro atoms. The van der Waals surface area contributed by atoms with Gasteiger partial charge in [-0.2, -0.15) is 4.31 Å². The standard InChI is InChI=1S/C20H28N2O4S/c1-5-19(23)21-17-9-11-22(13-14(17)2)27(24,25)16-6-7-18-15(12-16)8-10-20(3,4)26-18/h5-7,12,14,17H,1,8-11,13H2,2-4H3,(H,21,23). The van der Waals surface area contributed by atoms with Crippen molar-refractivity contribution in [3.63, 3.8) is 0 Å². The van der Waals surface area contributed by atoms with Gasteiger partial charge in [0.05, 0.1) is 4.90 Å². The molecule has 2 heterocycles. The smallest absolute Gasteiger partial charge is 0.243 e. The van der Waals surface area contributed by atoms with E-state index in [9.17, 15) is 13.2 Å². The van der Waals surface area contributed by atoms with E-state index in [2.05, 4.69) is 11.9 Å². The fourth-order valence-electron chi connectivity index (χ4n) is 3.73. The van der Waals surface area contributed by atoms with E-state index < -0.39 is 10.0 Å². The fourth-order valence-corrected chi connectivity index (χ4v) is 5.33. The van der Waals surface area contributed by atoms with Gasteiger partial charge in [0.1, 0.15) is 11.4 Å². The van der Waals surface area contributed by atoms with Crippen LogP contribution in [-0.2, 0) is 21.2 Å². The average Bonchev–Trinajstić information content (AvgIpc) is 2.61. The summed E-state index contributed by atoms with van der Waals surface area (Å²) in [7, 11) is -3.57. The van der Waals surface area contributed by atoms with Crippen molar-refractivity contribution < 1.29 is 17.9 Å². The number of aryl methyl sites for hydroxylation is 1. The molecule has 1 saturated heterocycles. The van der Waals surface area contributed by atoms with Crippen molar-refractivity contribution >= 4 is 15.9 Å². The third-order valence-electron chi connectivity index (χ3n) is 5.43. The van der Waals surface area contributed by atoms with E-state index in [4.69, 9.17) is 4.74 Å². The van der Waals surface area contributed by atoms with Crippen molar-refractivity contribution in [1.29, 1.82) is 0 Å². The van der Waals surface area contributed by atoms with Gasteiger partial charge in [-0.05, 0) is 68.9 Å². The molecule has 2 aliphatic rings. The number of amides is 1. The molecule has 148 valence electrons.